The summed E-state index contributed by atoms with van der Waals surface area (Å²) in [5.74, 6) is 1.68. The van der Waals surface area contributed by atoms with Gasteiger partial charge in [0.1, 0.15) is 11.4 Å². The summed E-state index contributed by atoms with van der Waals surface area (Å²) >= 11 is 0. The van der Waals surface area contributed by atoms with Crippen LogP contribution in [0.1, 0.15) is 11.3 Å². The second-order valence-electron chi connectivity index (χ2n) is 5.81. The summed E-state index contributed by atoms with van der Waals surface area (Å²) in [6.07, 6.45) is 4.02. The normalized spacial score (nSPS) is 11.1. The van der Waals surface area contributed by atoms with Gasteiger partial charge in [-0.25, -0.2) is 4.98 Å². The van der Waals surface area contributed by atoms with Crippen molar-refractivity contribution in [3.05, 3.63) is 66.1 Å². The van der Waals surface area contributed by atoms with Crippen molar-refractivity contribution in [2.75, 3.05) is 21.2 Å². The van der Waals surface area contributed by atoms with Crippen LogP contribution in [0.15, 0.2) is 59.9 Å². The number of imidazole rings is 1. The van der Waals surface area contributed by atoms with Crippen LogP contribution in [0.2, 0.25) is 0 Å². The van der Waals surface area contributed by atoms with Gasteiger partial charge < -0.3 is 19.4 Å². The van der Waals surface area contributed by atoms with Crippen LogP contribution in [0, 0.1) is 0 Å². The van der Waals surface area contributed by atoms with E-state index in [4.69, 9.17) is 4.74 Å². The fourth-order valence-corrected chi connectivity index (χ4v) is 2.75. The number of aliphatic imine (C=N–C) groups is 1. The molecule has 138 valence electrons. The summed E-state index contributed by atoms with van der Waals surface area (Å²) in [6.45, 7) is 1.36. The molecule has 0 radical (unpaired) electrons. The van der Waals surface area contributed by atoms with Gasteiger partial charge in [0.2, 0.25) is 0 Å². The van der Waals surface area contributed by atoms with Crippen molar-refractivity contribution in [1.29, 1.82) is 0 Å². The smallest absolute Gasteiger partial charge is 0.194 e. The zero-order valence-corrected chi connectivity index (χ0v) is 17.5. The quantitative estimate of drug-likeness (QED) is 0.358. The van der Waals surface area contributed by atoms with E-state index in [-0.39, 0.29) is 24.0 Å². The van der Waals surface area contributed by atoms with E-state index in [1.54, 1.807) is 14.2 Å². The lowest BCUT2D eigenvalue weighted by atomic mass is 10.2. The van der Waals surface area contributed by atoms with Crippen LogP contribution in [-0.2, 0) is 13.1 Å². The number of fused-ring (bicyclic) bond motifs is 1. The van der Waals surface area contributed by atoms with Gasteiger partial charge in [-0.2, -0.15) is 0 Å². The lowest BCUT2D eigenvalue weighted by Gasteiger charge is -2.22. The Balaban J connectivity index is 0.00000243. The number of nitrogens with zero attached hydrogens (tertiary/aromatic N) is 4. The van der Waals surface area contributed by atoms with Crippen LogP contribution >= 0.6 is 24.0 Å². The highest BCUT2D eigenvalue weighted by Gasteiger charge is 2.08. The van der Waals surface area contributed by atoms with E-state index in [9.17, 15) is 0 Å². The Labute approximate surface area is 170 Å². The second kappa shape index (κ2) is 9.42. The largest absolute Gasteiger partial charge is 0.497 e. The Bertz CT molecular complexity index is 844. The number of aromatic nitrogens is 2. The molecule has 7 heteroatoms. The summed E-state index contributed by atoms with van der Waals surface area (Å²) < 4.78 is 7.30. The number of benzene rings is 1. The first kappa shape index (κ1) is 20.0. The average molecular weight is 465 g/mol. The van der Waals surface area contributed by atoms with Gasteiger partial charge >= 0.3 is 0 Å². The first-order valence-electron chi connectivity index (χ1n) is 8.17. The number of rotatable bonds is 5. The second-order valence-corrected chi connectivity index (χ2v) is 5.81. The number of ether oxygens (including phenoxy) is 1. The lowest BCUT2D eigenvalue weighted by molar-refractivity contribution is 0.412. The van der Waals surface area contributed by atoms with Gasteiger partial charge in [-0.05, 0) is 29.8 Å². The predicted octanol–water partition coefficient (Wildman–Crippen LogP) is 3.17. The van der Waals surface area contributed by atoms with Crippen LogP contribution in [0.3, 0.4) is 0 Å². The monoisotopic (exact) mass is 465 g/mol. The highest BCUT2D eigenvalue weighted by molar-refractivity contribution is 14.0. The van der Waals surface area contributed by atoms with Crippen molar-refractivity contribution in [3.63, 3.8) is 0 Å². The molecule has 0 amide bonds. The predicted molar refractivity (Wildman–Crippen MR) is 115 cm³/mol. The number of pyridine rings is 1. The molecular formula is C19H24IN5O. The maximum Gasteiger partial charge on any atom is 0.194 e. The van der Waals surface area contributed by atoms with Gasteiger partial charge in [0.05, 0.1) is 19.3 Å². The molecule has 0 saturated heterocycles. The topological polar surface area (TPSA) is 54.2 Å². The van der Waals surface area contributed by atoms with Crippen LogP contribution in [0.4, 0.5) is 0 Å². The van der Waals surface area contributed by atoms with Crippen LogP contribution < -0.4 is 10.1 Å². The molecular weight excluding hydrogens is 441 g/mol. The zero-order chi connectivity index (χ0) is 17.6. The molecule has 0 aliphatic carbocycles. The van der Waals surface area contributed by atoms with Crippen molar-refractivity contribution < 1.29 is 4.74 Å². The van der Waals surface area contributed by atoms with Crippen LogP contribution in [-0.4, -0.2) is 41.4 Å². The van der Waals surface area contributed by atoms with E-state index in [2.05, 4.69) is 26.3 Å². The summed E-state index contributed by atoms with van der Waals surface area (Å²) in [5.41, 5.74) is 3.08. The van der Waals surface area contributed by atoms with Crippen molar-refractivity contribution in [2.24, 2.45) is 4.99 Å². The average Bonchev–Trinajstić information content (AvgIpc) is 3.05. The van der Waals surface area contributed by atoms with Crippen molar-refractivity contribution in [3.8, 4) is 5.75 Å². The number of methoxy groups -OCH3 is 1. The molecule has 6 nitrogen and oxygen atoms in total. The number of nitrogens with one attached hydrogen (secondary N) is 1. The van der Waals surface area contributed by atoms with E-state index >= 15 is 0 Å². The zero-order valence-electron chi connectivity index (χ0n) is 15.2. The maximum atomic E-state index is 5.28. The van der Waals surface area contributed by atoms with Gasteiger partial charge in [-0.1, -0.05) is 18.2 Å². The number of hydrogen-bond donors (Lipinski definition) is 1. The minimum absolute atomic E-state index is 0. The molecule has 0 atom stereocenters. The van der Waals surface area contributed by atoms with Crippen molar-refractivity contribution >= 4 is 35.6 Å². The molecule has 0 aliphatic heterocycles. The summed E-state index contributed by atoms with van der Waals surface area (Å²) in [5, 5.41) is 3.36. The van der Waals surface area contributed by atoms with Gasteiger partial charge in [0, 0.05) is 33.0 Å². The summed E-state index contributed by atoms with van der Waals surface area (Å²) in [4.78, 5) is 11.0. The van der Waals surface area contributed by atoms with Gasteiger partial charge in [0.15, 0.2) is 5.96 Å². The first-order valence-corrected chi connectivity index (χ1v) is 8.17. The summed E-state index contributed by atoms with van der Waals surface area (Å²) in [6, 6.07) is 14.0. The molecule has 2 aromatic heterocycles. The Morgan fingerprint density at radius 2 is 2.12 bits per heavy atom. The highest BCUT2D eigenvalue weighted by Crippen LogP contribution is 2.14. The van der Waals surface area contributed by atoms with Gasteiger partial charge in [-0.3, -0.25) is 4.99 Å². The minimum atomic E-state index is 0. The SMILES string of the molecule is CN=C(NCc1cn2ccccc2n1)N(C)Cc1cccc(OC)c1.I. The molecule has 0 bridgehead atoms. The molecule has 1 N–H and O–H groups in total. The maximum absolute atomic E-state index is 5.28. The first-order chi connectivity index (χ1) is 12.2. The van der Waals surface area contributed by atoms with Crippen LogP contribution in [0.5, 0.6) is 5.75 Å². The molecule has 0 spiro atoms. The summed E-state index contributed by atoms with van der Waals surface area (Å²) in [7, 11) is 5.48. The lowest BCUT2D eigenvalue weighted by Crippen LogP contribution is -2.38. The molecule has 0 saturated carbocycles. The van der Waals surface area contributed by atoms with E-state index in [0.29, 0.717) is 6.54 Å². The van der Waals surface area contributed by atoms with Gasteiger partial charge in [0.25, 0.3) is 0 Å². The third kappa shape index (κ3) is 4.87. The van der Waals surface area contributed by atoms with Crippen LogP contribution in [0.25, 0.3) is 5.65 Å². The molecule has 3 rings (SSSR count). The Morgan fingerprint density at radius 3 is 2.85 bits per heavy atom. The van der Waals surface area contributed by atoms with Gasteiger partial charge in [-0.15, -0.1) is 24.0 Å². The molecule has 0 fully saturated rings. The van der Waals surface area contributed by atoms with E-state index in [1.165, 1.54) is 0 Å². The van der Waals surface area contributed by atoms with E-state index in [1.807, 2.05) is 60.2 Å². The molecule has 1 aromatic carbocycles. The third-order valence-corrected chi connectivity index (χ3v) is 3.97. The number of hydrogen-bond acceptors (Lipinski definition) is 3. The molecule has 2 heterocycles. The fourth-order valence-electron chi connectivity index (χ4n) is 2.75. The number of guanidine groups is 1. The van der Waals surface area contributed by atoms with E-state index < -0.39 is 0 Å². The highest BCUT2D eigenvalue weighted by atomic mass is 127. The fraction of sp³-hybridized carbons (Fsp3) is 0.263. The molecule has 0 aliphatic rings. The Hall–Kier alpha value is -2.29. The third-order valence-electron chi connectivity index (χ3n) is 3.97. The number of halogens is 1. The van der Waals surface area contributed by atoms with E-state index in [0.717, 1.165) is 35.2 Å². The Morgan fingerprint density at radius 1 is 1.27 bits per heavy atom. The molecule has 0 unspecified atom stereocenters. The molecule has 26 heavy (non-hydrogen) atoms. The standard InChI is InChI=1S/C19H23N5O.HI/c1-20-19(23(2)13-15-7-6-8-17(11-15)25-3)21-12-16-14-24-10-5-4-9-18(24)22-16;/h4-11,14H,12-13H2,1-3H3,(H,20,21);1H. The Kier molecular flexibility index (Phi) is 7.26. The van der Waals surface area contributed by atoms with Crippen molar-refractivity contribution in [2.45, 2.75) is 13.1 Å². The minimum Gasteiger partial charge on any atom is -0.497 e. The van der Waals surface area contributed by atoms with Crippen molar-refractivity contribution in [1.82, 2.24) is 19.6 Å². The molecule has 3 aromatic rings.